The van der Waals surface area contributed by atoms with Gasteiger partial charge >= 0.3 is 18.2 Å². The maximum absolute atomic E-state index is 12.8. The van der Waals surface area contributed by atoms with Crippen LogP contribution >= 0.6 is 0 Å². The first-order chi connectivity index (χ1) is 12.8. The molecule has 8 heteroatoms. The fourth-order valence-electron chi connectivity index (χ4n) is 3.76. The number of carbonyl (C=O) groups is 3. The molecule has 0 aliphatic carbocycles. The van der Waals surface area contributed by atoms with Crippen LogP contribution in [0.4, 0.5) is 9.59 Å². The molecule has 2 rings (SSSR count). The number of esters is 1. The second-order valence-corrected chi connectivity index (χ2v) is 9.36. The summed E-state index contributed by atoms with van der Waals surface area (Å²) in [6, 6.07) is 0.0616. The highest BCUT2D eigenvalue weighted by Crippen LogP contribution is 2.48. The zero-order valence-electron chi connectivity index (χ0n) is 17.9. The molecule has 0 spiro atoms. The van der Waals surface area contributed by atoms with Crippen LogP contribution in [-0.4, -0.2) is 52.9 Å². The zero-order valence-corrected chi connectivity index (χ0v) is 17.9. The van der Waals surface area contributed by atoms with Crippen LogP contribution in [0.2, 0.25) is 0 Å². The Bertz CT molecular complexity index is 663. The molecule has 2 heterocycles. The van der Waals surface area contributed by atoms with Crippen molar-refractivity contribution in [3.8, 4) is 0 Å². The van der Waals surface area contributed by atoms with E-state index in [4.69, 9.17) is 14.2 Å². The Morgan fingerprint density at radius 3 is 2.00 bits per heavy atom. The van der Waals surface area contributed by atoms with Gasteiger partial charge in [-0.25, -0.2) is 14.4 Å². The van der Waals surface area contributed by atoms with E-state index in [0.29, 0.717) is 12.8 Å². The number of carbonyl (C=O) groups excluding carboxylic acids is 3. The molecule has 2 aliphatic heterocycles. The Morgan fingerprint density at radius 1 is 1.00 bits per heavy atom. The molecular weight excluding hydrogens is 364 g/mol. The summed E-state index contributed by atoms with van der Waals surface area (Å²) < 4.78 is 15.6. The van der Waals surface area contributed by atoms with E-state index in [2.05, 4.69) is 5.32 Å². The molecule has 28 heavy (non-hydrogen) atoms. The lowest BCUT2D eigenvalue weighted by Crippen LogP contribution is -2.47. The van der Waals surface area contributed by atoms with E-state index in [-0.39, 0.29) is 11.7 Å². The average Bonchev–Trinajstić information content (AvgIpc) is 3.05. The van der Waals surface area contributed by atoms with Crippen LogP contribution < -0.4 is 5.32 Å². The second-order valence-electron chi connectivity index (χ2n) is 9.36. The second kappa shape index (κ2) is 7.64. The molecule has 0 aromatic carbocycles. The van der Waals surface area contributed by atoms with Gasteiger partial charge < -0.3 is 14.2 Å². The smallest absolute Gasteiger partial charge is 0.412 e. The lowest BCUT2D eigenvalue weighted by molar-refractivity contribution is -0.136. The molecule has 0 aromatic rings. The van der Waals surface area contributed by atoms with Gasteiger partial charge in [0.05, 0.1) is 12.6 Å². The minimum atomic E-state index is -0.753. The molecule has 2 fully saturated rings. The molecule has 2 aliphatic rings. The van der Waals surface area contributed by atoms with Crippen LogP contribution in [0.1, 0.15) is 67.2 Å². The van der Waals surface area contributed by atoms with Crippen molar-refractivity contribution in [3.05, 3.63) is 11.8 Å². The Hall–Kier alpha value is -2.25. The highest BCUT2D eigenvalue weighted by Gasteiger charge is 2.54. The Labute approximate surface area is 166 Å². The van der Waals surface area contributed by atoms with E-state index in [1.54, 1.807) is 31.7 Å². The fraction of sp³-hybridized carbons (Fsp3) is 0.750. The maximum atomic E-state index is 12.8. The van der Waals surface area contributed by atoms with Crippen LogP contribution in [0.5, 0.6) is 0 Å². The van der Waals surface area contributed by atoms with Gasteiger partial charge in [-0.05, 0) is 73.3 Å². The predicted molar refractivity (Wildman–Crippen MR) is 103 cm³/mol. The number of alkyl carbamates (subject to hydrolysis) is 1. The van der Waals surface area contributed by atoms with Gasteiger partial charge in [0.25, 0.3) is 0 Å². The standard InChI is InChI=1S/C20H32N2O6/c1-18(2,3)27-16(24)21-14(15(23)26-7)12-20-10-8-13(9-11-20)22(20)17(25)28-19(4,5)6/h12-13H,8-11H2,1-7H3,(H,21,24)/b14-12+. The molecule has 0 radical (unpaired) electrons. The largest absolute Gasteiger partial charge is 0.464 e. The SMILES string of the molecule is COC(=O)/C(=C\C12CCC(CC1)N2C(=O)OC(C)(C)C)NC(=O)OC(C)(C)C. The summed E-state index contributed by atoms with van der Waals surface area (Å²) in [5.74, 6) is -0.695. The van der Waals surface area contributed by atoms with Gasteiger partial charge in [0.1, 0.15) is 16.9 Å². The van der Waals surface area contributed by atoms with Crippen molar-refractivity contribution in [2.45, 2.75) is 90.0 Å². The molecule has 2 saturated heterocycles. The van der Waals surface area contributed by atoms with Crippen LogP contribution in [0.3, 0.4) is 0 Å². The van der Waals surface area contributed by atoms with Crippen molar-refractivity contribution in [1.82, 2.24) is 10.2 Å². The Balaban J connectivity index is 2.31. The van der Waals surface area contributed by atoms with E-state index >= 15 is 0 Å². The van der Waals surface area contributed by atoms with Crippen molar-refractivity contribution in [3.63, 3.8) is 0 Å². The third kappa shape index (κ3) is 5.17. The number of nitrogens with zero attached hydrogens (tertiary/aromatic N) is 1. The summed E-state index contributed by atoms with van der Waals surface area (Å²) in [5, 5.41) is 2.48. The van der Waals surface area contributed by atoms with Crippen molar-refractivity contribution in [1.29, 1.82) is 0 Å². The molecule has 2 bridgehead atoms. The summed E-state index contributed by atoms with van der Waals surface area (Å²) in [7, 11) is 1.24. The topological polar surface area (TPSA) is 94.2 Å². The van der Waals surface area contributed by atoms with Gasteiger partial charge in [0.15, 0.2) is 0 Å². The lowest BCUT2D eigenvalue weighted by Gasteiger charge is -2.34. The van der Waals surface area contributed by atoms with E-state index in [0.717, 1.165) is 12.8 Å². The summed E-state index contributed by atoms with van der Waals surface area (Å²) in [5.41, 5.74) is -2.05. The molecule has 0 unspecified atom stereocenters. The molecule has 8 nitrogen and oxygen atoms in total. The normalized spacial score (nSPS) is 24.8. The van der Waals surface area contributed by atoms with Crippen LogP contribution in [-0.2, 0) is 19.0 Å². The van der Waals surface area contributed by atoms with Gasteiger partial charge in [-0.1, -0.05) is 0 Å². The van der Waals surface area contributed by atoms with Gasteiger partial charge in [-0.3, -0.25) is 10.2 Å². The van der Waals surface area contributed by atoms with Gasteiger partial charge in [-0.15, -0.1) is 0 Å². The zero-order chi connectivity index (χ0) is 21.3. The number of amides is 2. The minimum Gasteiger partial charge on any atom is -0.464 e. The molecule has 0 saturated carbocycles. The number of methoxy groups -OCH3 is 1. The highest BCUT2D eigenvalue weighted by atomic mass is 16.6. The molecule has 158 valence electrons. The van der Waals surface area contributed by atoms with E-state index < -0.39 is 34.9 Å². The van der Waals surface area contributed by atoms with Crippen LogP contribution in [0, 0.1) is 0 Å². The number of rotatable bonds is 3. The molecular formula is C20H32N2O6. The molecule has 0 aromatic heterocycles. The van der Waals surface area contributed by atoms with Crippen LogP contribution in [0.25, 0.3) is 0 Å². The third-order valence-electron chi connectivity index (χ3n) is 4.71. The van der Waals surface area contributed by atoms with Gasteiger partial charge in [0, 0.05) is 6.04 Å². The summed E-state index contributed by atoms with van der Waals surface area (Å²) in [6.07, 6.45) is 3.47. The van der Waals surface area contributed by atoms with Crippen molar-refractivity contribution in [2.24, 2.45) is 0 Å². The van der Waals surface area contributed by atoms with E-state index in [9.17, 15) is 14.4 Å². The first kappa shape index (κ1) is 22.0. The maximum Gasteiger partial charge on any atom is 0.412 e. The predicted octanol–water partition coefficient (Wildman–Crippen LogP) is 3.50. The lowest BCUT2D eigenvalue weighted by atomic mass is 9.87. The van der Waals surface area contributed by atoms with Crippen molar-refractivity contribution in [2.75, 3.05) is 7.11 Å². The third-order valence-corrected chi connectivity index (χ3v) is 4.71. The number of hydrogen-bond acceptors (Lipinski definition) is 6. The fourth-order valence-corrected chi connectivity index (χ4v) is 3.76. The highest BCUT2D eigenvalue weighted by molar-refractivity contribution is 5.92. The van der Waals surface area contributed by atoms with Crippen LogP contribution in [0.15, 0.2) is 11.8 Å². The number of nitrogens with one attached hydrogen (secondary N) is 1. The minimum absolute atomic E-state index is 0.0344. The quantitative estimate of drug-likeness (QED) is 0.446. The summed E-state index contributed by atoms with van der Waals surface area (Å²) in [6.45, 7) is 10.6. The van der Waals surface area contributed by atoms with Crippen molar-refractivity contribution < 1.29 is 28.6 Å². The first-order valence-corrected chi connectivity index (χ1v) is 9.60. The molecule has 0 atom stereocenters. The number of fused-ring (bicyclic) bond motifs is 2. The van der Waals surface area contributed by atoms with E-state index in [1.807, 2.05) is 20.8 Å². The Morgan fingerprint density at radius 2 is 1.54 bits per heavy atom. The average molecular weight is 396 g/mol. The first-order valence-electron chi connectivity index (χ1n) is 9.60. The van der Waals surface area contributed by atoms with Gasteiger partial charge in [0.2, 0.25) is 0 Å². The number of ether oxygens (including phenoxy) is 3. The summed E-state index contributed by atoms with van der Waals surface area (Å²) >= 11 is 0. The monoisotopic (exact) mass is 396 g/mol. The van der Waals surface area contributed by atoms with E-state index in [1.165, 1.54) is 7.11 Å². The Kier molecular flexibility index (Phi) is 6.01. The molecule has 2 amide bonds. The molecule has 1 N–H and O–H groups in total. The van der Waals surface area contributed by atoms with Gasteiger partial charge in [-0.2, -0.15) is 0 Å². The number of hydrogen-bond donors (Lipinski definition) is 1. The van der Waals surface area contributed by atoms with Crippen molar-refractivity contribution >= 4 is 18.2 Å². The summed E-state index contributed by atoms with van der Waals surface area (Å²) in [4.78, 5) is 39.0.